The van der Waals surface area contributed by atoms with Gasteiger partial charge < -0.3 is 5.73 Å². The van der Waals surface area contributed by atoms with Gasteiger partial charge in [-0.25, -0.2) is 0 Å². The molecule has 0 saturated heterocycles. The van der Waals surface area contributed by atoms with Crippen LogP contribution >= 0.6 is 0 Å². The third-order valence-electron chi connectivity index (χ3n) is 3.69. The van der Waals surface area contributed by atoms with Gasteiger partial charge >= 0.3 is 0 Å². The summed E-state index contributed by atoms with van der Waals surface area (Å²) in [6.07, 6.45) is 0.987. The van der Waals surface area contributed by atoms with Gasteiger partial charge in [0.05, 0.1) is 0 Å². The SMILES string of the molecule is CC(C)(N)CC1c2ccccc2-c2ccccc21. The Morgan fingerprint density at radius 3 is 1.78 bits per heavy atom. The number of rotatable bonds is 2. The fourth-order valence-electron chi connectivity index (χ4n) is 3.01. The smallest absolute Gasteiger partial charge is 0.0119 e. The molecule has 92 valence electrons. The van der Waals surface area contributed by atoms with Crippen LogP contribution in [0.4, 0.5) is 0 Å². The molecule has 0 atom stereocenters. The van der Waals surface area contributed by atoms with Crippen LogP contribution in [0.15, 0.2) is 48.5 Å². The average Bonchev–Trinajstić information content (AvgIpc) is 2.64. The Labute approximate surface area is 109 Å². The Bertz CT molecular complexity index is 533. The normalized spacial score (nSPS) is 14.4. The minimum atomic E-state index is -0.144. The third-order valence-corrected chi connectivity index (χ3v) is 3.69. The fraction of sp³-hybridized carbons (Fsp3) is 0.294. The lowest BCUT2D eigenvalue weighted by molar-refractivity contribution is 0.452. The van der Waals surface area contributed by atoms with Gasteiger partial charge in [-0.05, 0) is 42.5 Å². The van der Waals surface area contributed by atoms with Crippen molar-refractivity contribution in [2.45, 2.75) is 31.7 Å². The average molecular weight is 237 g/mol. The van der Waals surface area contributed by atoms with E-state index in [9.17, 15) is 0 Å². The molecule has 0 bridgehead atoms. The number of hydrogen-bond donors (Lipinski definition) is 1. The van der Waals surface area contributed by atoms with E-state index in [1.165, 1.54) is 22.3 Å². The Morgan fingerprint density at radius 2 is 1.33 bits per heavy atom. The van der Waals surface area contributed by atoms with Crippen molar-refractivity contribution in [3.05, 3.63) is 59.7 Å². The topological polar surface area (TPSA) is 26.0 Å². The van der Waals surface area contributed by atoms with Crippen molar-refractivity contribution < 1.29 is 0 Å². The summed E-state index contributed by atoms with van der Waals surface area (Å²) >= 11 is 0. The van der Waals surface area contributed by atoms with E-state index in [0.717, 1.165) is 6.42 Å². The van der Waals surface area contributed by atoms with Crippen molar-refractivity contribution in [2.24, 2.45) is 5.73 Å². The van der Waals surface area contributed by atoms with Crippen LogP contribution in [0, 0.1) is 0 Å². The van der Waals surface area contributed by atoms with E-state index in [1.54, 1.807) is 0 Å². The molecule has 1 nitrogen and oxygen atoms in total. The molecule has 0 amide bonds. The molecule has 2 aromatic rings. The second kappa shape index (κ2) is 3.96. The summed E-state index contributed by atoms with van der Waals surface area (Å²) in [4.78, 5) is 0. The first kappa shape index (κ1) is 11.5. The van der Waals surface area contributed by atoms with Gasteiger partial charge in [0.1, 0.15) is 0 Å². The molecule has 1 aliphatic rings. The molecule has 0 aliphatic heterocycles. The molecule has 0 fully saturated rings. The first-order chi connectivity index (χ1) is 8.56. The Morgan fingerprint density at radius 1 is 0.889 bits per heavy atom. The van der Waals surface area contributed by atoms with E-state index in [-0.39, 0.29) is 5.54 Å². The van der Waals surface area contributed by atoms with E-state index in [0.29, 0.717) is 5.92 Å². The van der Waals surface area contributed by atoms with E-state index in [4.69, 9.17) is 5.73 Å². The molecule has 0 saturated carbocycles. The molecule has 0 unspecified atom stereocenters. The van der Waals surface area contributed by atoms with E-state index in [1.807, 2.05) is 0 Å². The molecule has 2 aromatic carbocycles. The summed E-state index contributed by atoms with van der Waals surface area (Å²) in [5.74, 6) is 0.442. The third kappa shape index (κ3) is 1.85. The Balaban J connectivity index is 2.15. The summed E-state index contributed by atoms with van der Waals surface area (Å²) in [5.41, 5.74) is 11.7. The van der Waals surface area contributed by atoms with Crippen LogP contribution in [-0.4, -0.2) is 5.54 Å². The van der Waals surface area contributed by atoms with Crippen molar-refractivity contribution >= 4 is 0 Å². The number of benzene rings is 2. The maximum absolute atomic E-state index is 6.23. The monoisotopic (exact) mass is 237 g/mol. The van der Waals surface area contributed by atoms with Crippen LogP contribution < -0.4 is 5.73 Å². The lowest BCUT2D eigenvalue weighted by Gasteiger charge is -2.24. The molecule has 2 N–H and O–H groups in total. The zero-order chi connectivity index (χ0) is 12.8. The first-order valence-electron chi connectivity index (χ1n) is 6.53. The Hall–Kier alpha value is -1.60. The quantitative estimate of drug-likeness (QED) is 0.841. The summed E-state index contributed by atoms with van der Waals surface area (Å²) < 4.78 is 0. The van der Waals surface area contributed by atoms with E-state index in [2.05, 4.69) is 62.4 Å². The minimum Gasteiger partial charge on any atom is -0.326 e. The van der Waals surface area contributed by atoms with Gasteiger partial charge in [-0.2, -0.15) is 0 Å². The minimum absolute atomic E-state index is 0.144. The molecule has 0 heterocycles. The summed E-state index contributed by atoms with van der Waals surface area (Å²) in [6.45, 7) is 4.22. The lowest BCUT2D eigenvalue weighted by Crippen LogP contribution is -2.33. The maximum atomic E-state index is 6.23. The van der Waals surface area contributed by atoms with Crippen molar-refractivity contribution in [3.63, 3.8) is 0 Å². The fourth-order valence-corrected chi connectivity index (χ4v) is 3.01. The van der Waals surface area contributed by atoms with Gasteiger partial charge in [0.15, 0.2) is 0 Å². The number of hydrogen-bond acceptors (Lipinski definition) is 1. The second-order valence-corrected chi connectivity index (χ2v) is 5.92. The highest BCUT2D eigenvalue weighted by Gasteiger charge is 2.31. The predicted molar refractivity (Wildman–Crippen MR) is 76.6 cm³/mol. The zero-order valence-corrected chi connectivity index (χ0v) is 11.0. The van der Waals surface area contributed by atoms with Crippen LogP contribution in [-0.2, 0) is 0 Å². The highest BCUT2D eigenvalue weighted by atomic mass is 14.7. The summed E-state index contributed by atoms with van der Waals surface area (Å²) in [6, 6.07) is 17.4. The highest BCUT2D eigenvalue weighted by molar-refractivity contribution is 5.78. The van der Waals surface area contributed by atoms with Crippen LogP contribution in [0.2, 0.25) is 0 Å². The van der Waals surface area contributed by atoms with Gasteiger partial charge in [-0.15, -0.1) is 0 Å². The van der Waals surface area contributed by atoms with Crippen molar-refractivity contribution in [3.8, 4) is 11.1 Å². The van der Waals surface area contributed by atoms with Gasteiger partial charge in [0.25, 0.3) is 0 Å². The molecular weight excluding hydrogens is 218 g/mol. The lowest BCUT2D eigenvalue weighted by atomic mass is 9.85. The molecule has 0 spiro atoms. The second-order valence-electron chi connectivity index (χ2n) is 5.92. The summed E-state index contributed by atoms with van der Waals surface area (Å²) in [7, 11) is 0. The standard InChI is InChI=1S/C17H19N/c1-17(2,18)11-16-14-9-5-3-7-12(14)13-8-4-6-10-15(13)16/h3-10,16H,11,18H2,1-2H3. The molecule has 1 aliphatic carbocycles. The van der Waals surface area contributed by atoms with E-state index < -0.39 is 0 Å². The largest absolute Gasteiger partial charge is 0.326 e. The van der Waals surface area contributed by atoms with Crippen molar-refractivity contribution in [2.75, 3.05) is 0 Å². The predicted octanol–water partition coefficient (Wildman–Crippen LogP) is 3.93. The van der Waals surface area contributed by atoms with Gasteiger partial charge in [-0.1, -0.05) is 48.5 Å². The van der Waals surface area contributed by atoms with Gasteiger partial charge in [-0.3, -0.25) is 0 Å². The molecule has 0 radical (unpaired) electrons. The molecule has 18 heavy (non-hydrogen) atoms. The number of fused-ring (bicyclic) bond motifs is 3. The van der Waals surface area contributed by atoms with Gasteiger partial charge in [0, 0.05) is 11.5 Å². The van der Waals surface area contributed by atoms with Crippen LogP contribution in [0.3, 0.4) is 0 Å². The molecular formula is C17H19N. The van der Waals surface area contributed by atoms with E-state index >= 15 is 0 Å². The van der Waals surface area contributed by atoms with Crippen molar-refractivity contribution in [1.82, 2.24) is 0 Å². The van der Waals surface area contributed by atoms with Crippen LogP contribution in [0.5, 0.6) is 0 Å². The first-order valence-corrected chi connectivity index (χ1v) is 6.53. The van der Waals surface area contributed by atoms with Crippen LogP contribution in [0.1, 0.15) is 37.3 Å². The van der Waals surface area contributed by atoms with Gasteiger partial charge in [0.2, 0.25) is 0 Å². The van der Waals surface area contributed by atoms with Crippen LogP contribution in [0.25, 0.3) is 11.1 Å². The molecule has 0 aromatic heterocycles. The maximum Gasteiger partial charge on any atom is 0.0119 e. The summed E-state index contributed by atoms with van der Waals surface area (Å²) in [5, 5.41) is 0. The molecule has 1 heteroatoms. The Kier molecular flexibility index (Phi) is 2.53. The highest BCUT2D eigenvalue weighted by Crippen LogP contribution is 2.47. The van der Waals surface area contributed by atoms with Crippen molar-refractivity contribution in [1.29, 1.82) is 0 Å². The zero-order valence-electron chi connectivity index (χ0n) is 11.0. The number of nitrogens with two attached hydrogens (primary N) is 1. The molecule has 3 rings (SSSR count).